The van der Waals surface area contributed by atoms with E-state index < -0.39 is 15.5 Å². The van der Waals surface area contributed by atoms with Gasteiger partial charge in [-0.2, -0.15) is 0 Å². The molecular formula is C34H33N3O6. The highest BCUT2D eigenvalue weighted by atomic mass is 16.6. The van der Waals surface area contributed by atoms with E-state index in [9.17, 15) is 20.2 Å². The third kappa shape index (κ3) is 5.16. The minimum Gasteiger partial charge on any atom is -0.456 e. The van der Waals surface area contributed by atoms with Crippen molar-refractivity contribution in [3.8, 4) is 17.2 Å². The number of nitrogens with zero attached hydrogens (tertiary/aromatic N) is 3. The molecule has 220 valence electrons. The van der Waals surface area contributed by atoms with Crippen LogP contribution in [0.2, 0.25) is 0 Å². The fourth-order valence-electron chi connectivity index (χ4n) is 6.41. The molecule has 0 saturated carbocycles. The van der Waals surface area contributed by atoms with Crippen molar-refractivity contribution in [1.82, 2.24) is 0 Å². The summed E-state index contributed by atoms with van der Waals surface area (Å²) >= 11 is 0. The Kier molecular flexibility index (Phi) is 7.25. The van der Waals surface area contributed by atoms with Crippen molar-refractivity contribution in [2.75, 3.05) is 11.4 Å². The minimum atomic E-state index is -0.691. The van der Waals surface area contributed by atoms with Gasteiger partial charge in [0.25, 0.3) is 5.69 Å². The maximum Gasteiger partial charge on any atom is 0.318 e. The van der Waals surface area contributed by atoms with Crippen LogP contribution in [0.3, 0.4) is 0 Å². The van der Waals surface area contributed by atoms with Gasteiger partial charge in [0.05, 0.1) is 22.0 Å². The van der Waals surface area contributed by atoms with Crippen molar-refractivity contribution >= 4 is 23.1 Å². The van der Waals surface area contributed by atoms with Gasteiger partial charge in [0.15, 0.2) is 0 Å². The van der Waals surface area contributed by atoms with Gasteiger partial charge in [-0.05, 0) is 72.7 Å². The van der Waals surface area contributed by atoms with Crippen molar-refractivity contribution in [1.29, 1.82) is 0 Å². The van der Waals surface area contributed by atoms with Gasteiger partial charge < -0.3 is 14.4 Å². The average molecular weight is 580 g/mol. The molecule has 3 aromatic carbocycles. The number of ether oxygens (including phenoxy) is 2. The van der Waals surface area contributed by atoms with Crippen LogP contribution in [0.15, 0.2) is 89.7 Å². The number of para-hydroxylation sites is 1. The predicted molar refractivity (Wildman–Crippen MR) is 166 cm³/mol. The molecule has 3 aliphatic rings. The summed E-state index contributed by atoms with van der Waals surface area (Å²) in [6, 6.07) is 17.5. The smallest absolute Gasteiger partial charge is 0.318 e. The lowest BCUT2D eigenvalue weighted by molar-refractivity contribution is -0.394. The quantitative estimate of drug-likeness (QED) is 0.194. The summed E-state index contributed by atoms with van der Waals surface area (Å²) in [5.74, 6) is 1.69. The van der Waals surface area contributed by atoms with Crippen LogP contribution in [0.1, 0.15) is 57.6 Å². The molecule has 0 aromatic heterocycles. The molecule has 1 unspecified atom stereocenters. The standard InChI is InChI=1S/C34H33N3O6/c1-4-18-35-28-11-6-5-10-27(28)34(2,3)32(35)17-13-22-8-7-9-24-19-23-12-15-26(21-31(23)43-33(22)24)42-30-16-14-25(36(38)39)20-29(30)37(40)41/h5-6,10-17,19-21,32H,4,7-9,18H2,1-3H3/b17-13+. The summed E-state index contributed by atoms with van der Waals surface area (Å²) in [6.45, 7) is 7.81. The first kappa shape index (κ1) is 28.2. The average Bonchev–Trinajstić information content (AvgIpc) is 3.20. The monoisotopic (exact) mass is 579 g/mol. The maximum absolute atomic E-state index is 11.6. The van der Waals surface area contributed by atoms with Crippen LogP contribution in [0.25, 0.3) is 6.08 Å². The van der Waals surface area contributed by atoms with E-state index in [1.807, 2.05) is 6.07 Å². The Balaban J connectivity index is 1.30. The van der Waals surface area contributed by atoms with E-state index in [-0.39, 0.29) is 22.9 Å². The largest absolute Gasteiger partial charge is 0.456 e. The Labute approximate surface area is 250 Å². The number of nitro benzene ring substituents is 2. The molecule has 0 spiro atoms. The van der Waals surface area contributed by atoms with Gasteiger partial charge >= 0.3 is 5.69 Å². The fraction of sp³-hybridized carbons (Fsp3) is 0.294. The van der Waals surface area contributed by atoms with E-state index in [2.05, 4.69) is 68.2 Å². The molecule has 3 aromatic rings. The summed E-state index contributed by atoms with van der Waals surface area (Å²) in [7, 11) is 0. The molecule has 0 amide bonds. The number of anilines is 1. The third-order valence-corrected chi connectivity index (χ3v) is 8.51. The second-order valence-corrected chi connectivity index (χ2v) is 11.7. The van der Waals surface area contributed by atoms with Crippen LogP contribution in [0, 0.1) is 20.2 Å². The van der Waals surface area contributed by atoms with E-state index in [1.165, 1.54) is 23.4 Å². The number of hydrogen-bond donors (Lipinski definition) is 0. The van der Waals surface area contributed by atoms with Crippen molar-refractivity contribution < 1.29 is 19.3 Å². The highest BCUT2D eigenvalue weighted by Crippen LogP contribution is 2.47. The topological polar surface area (TPSA) is 108 Å². The maximum atomic E-state index is 11.6. The van der Waals surface area contributed by atoms with Crippen LogP contribution in [0.4, 0.5) is 17.1 Å². The van der Waals surface area contributed by atoms with Crippen LogP contribution >= 0.6 is 0 Å². The Morgan fingerprint density at radius 1 is 1.05 bits per heavy atom. The minimum absolute atomic E-state index is 0.0480. The lowest BCUT2D eigenvalue weighted by Gasteiger charge is -2.33. The lowest BCUT2D eigenvalue weighted by Crippen LogP contribution is -2.40. The Bertz CT molecular complexity index is 1720. The predicted octanol–water partition coefficient (Wildman–Crippen LogP) is 8.64. The molecule has 0 saturated heterocycles. The normalized spacial score (nSPS) is 18.4. The molecule has 0 N–H and O–H groups in total. The van der Waals surface area contributed by atoms with Crippen molar-refractivity contribution in [3.63, 3.8) is 0 Å². The lowest BCUT2D eigenvalue weighted by atomic mass is 9.80. The number of nitro groups is 2. The number of benzene rings is 3. The SMILES string of the molecule is CCCN1c2ccccc2C(C)(C)C1/C=C/C1=C2Oc3cc(Oc4ccc([N+](=O)[O-])cc4[N+](=O)[O-])ccc3C=C2CCC1. The molecule has 9 heteroatoms. The Hall–Kier alpha value is -4.92. The van der Waals surface area contributed by atoms with Crippen molar-refractivity contribution in [2.24, 2.45) is 0 Å². The fourth-order valence-corrected chi connectivity index (χ4v) is 6.41. The first-order valence-corrected chi connectivity index (χ1v) is 14.6. The van der Waals surface area contributed by atoms with Crippen LogP contribution in [-0.4, -0.2) is 22.4 Å². The summed E-state index contributed by atoms with van der Waals surface area (Å²) in [5, 5.41) is 22.7. The molecule has 1 atom stereocenters. The second kappa shape index (κ2) is 11.1. The molecule has 1 aliphatic carbocycles. The third-order valence-electron chi connectivity index (χ3n) is 8.51. The Morgan fingerprint density at radius 3 is 2.63 bits per heavy atom. The van der Waals surface area contributed by atoms with Crippen LogP contribution < -0.4 is 14.4 Å². The van der Waals surface area contributed by atoms with E-state index in [0.29, 0.717) is 11.5 Å². The Morgan fingerprint density at radius 2 is 1.86 bits per heavy atom. The molecule has 0 radical (unpaired) electrons. The summed E-state index contributed by atoms with van der Waals surface area (Å²) in [4.78, 5) is 23.8. The molecule has 0 bridgehead atoms. The molecule has 6 rings (SSSR count). The summed E-state index contributed by atoms with van der Waals surface area (Å²) < 4.78 is 12.3. The first-order valence-electron chi connectivity index (χ1n) is 14.6. The van der Waals surface area contributed by atoms with Crippen LogP contribution in [0.5, 0.6) is 17.2 Å². The van der Waals surface area contributed by atoms with E-state index in [4.69, 9.17) is 9.47 Å². The number of fused-ring (bicyclic) bond motifs is 3. The zero-order chi connectivity index (χ0) is 30.3. The number of non-ortho nitro benzene ring substituents is 1. The zero-order valence-electron chi connectivity index (χ0n) is 24.4. The summed E-state index contributed by atoms with van der Waals surface area (Å²) in [5.41, 5.74) is 4.95. The van der Waals surface area contributed by atoms with Crippen molar-refractivity contribution in [3.05, 3.63) is 121 Å². The van der Waals surface area contributed by atoms with Gasteiger partial charge in [0, 0.05) is 35.3 Å². The van der Waals surface area contributed by atoms with Gasteiger partial charge in [0.2, 0.25) is 5.75 Å². The van der Waals surface area contributed by atoms with Gasteiger partial charge in [-0.25, -0.2) is 0 Å². The second-order valence-electron chi connectivity index (χ2n) is 11.7. The van der Waals surface area contributed by atoms with Gasteiger partial charge in [-0.3, -0.25) is 20.2 Å². The highest BCUT2D eigenvalue weighted by molar-refractivity contribution is 5.70. The highest BCUT2D eigenvalue weighted by Gasteiger charge is 2.42. The van der Waals surface area contributed by atoms with Gasteiger partial charge in [0.1, 0.15) is 17.3 Å². The van der Waals surface area contributed by atoms with Gasteiger partial charge in [-0.15, -0.1) is 0 Å². The number of hydrogen-bond acceptors (Lipinski definition) is 7. The van der Waals surface area contributed by atoms with Gasteiger partial charge in [-0.1, -0.05) is 51.1 Å². The zero-order valence-corrected chi connectivity index (χ0v) is 24.4. The van der Waals surface area contributed by atoms with Crippen LogP contribution in [-0.2, 0) is 5.41 Å². The van der Waals surface area contributed by atoms with E-state index >= 15 is 0 Å². The molecule has 0 fully saturated rings. The van der Waals surface area contributed by atoms with E-state index in [1.54, 1.807) is 12.1 Å². The molecular weight excluding hydrogens is 546 g/mol. The first-order chi connectivity index (χ1) is 20.7. The molecule has 43 heavy (non-hydrogen) atoms. The molecule has 2 heterocycles. The number of allylic oxidation sites excluding steroid dienone is 3. The summed E-state index contributed by atoms with van der Waals surface area (Å²) in [6.07, 6.45) is 10.6. The number of rotatable bonds is 8. The molecule has 2 aliphatic heterocycles. The van der Waals surface area contributed by atoms with E-state index in [0.717, 1.165) is 60.8 Å². The van der Waals surface area contributed by atoms with Crippen molar-refractivity contribution in [2.45, 2.75) is 57.9 Å². The molecule has 9 nitrogen and oxygen atoms in total.